The lowest BCUT2D eigenvalue weighted by Crippen LogP contribution is -2.45. The maximum atomic E-state index is 6.74. The van der Waals surface area contributed by atoms with Gasteiger partial charge in [-0.15, -0.1) is 0 Å². The number of hydrogen-bond acceptors (Lipinski definition) is 1. The quantitative estimate of drug-likeness (QED) is 0.624. The van der Waals surface area contributed by atoms with Gasteiger partial charge in [0.2, 0.25) is 0 Å². The molecular weight excluding hydrogens is 236 g/mol. The first kappa shape index (κ1) is 14.6. The average molecular weight is 269 g/mol. The highest BCUT2D eigenvalue weighted by Gasteiger charge is 2.47. The van der Waals surface area contributed by atoms with Crippen LogP contribution in [0.25, 0.3) is 0 Å². The van der Waals surface area contributed by atoms with Crippen LogP contribution in [0.5, 0.6) is 0 Å². The first-order valence-corrected chi connectivity index (χ1v) is 10.8. The molecule has 0 N–H and O–H groups in total. The van der Waals surface area contributed by atoms with E-state index in [1.807, 2.05) is 0 Å². The maximum Gasteiger partial charge on any atom is 0.192 e. The van der Waals surface area contributed by atoms with E-state index < -0.39 is 8.32 Å². The van der Waals surface area contributed by atoms with Gasteiger partial charge in [0.25, 0.3) is 0 Å². The minimum Gasteiger partial charge on any atom is -0.414 e. The standard InChI is InChI=1S/C16H32OSi/c1-12-11-15(14-10-8-7-9-13(12)14)17-18(5,6)16(2,3)4/h12-15H,7-11H2,1-6H3. The molecule has 0 amide bonds. The van der Waals surface area contributed by atoms with E-state index in [0.717, 1.165) is 17.8 Å². The Balaban J connectivity index is 2.06. The lowest BCUT2D eigenvalue weighted by Gasteiger charge is -2.41. The highest BCUT2D eigenvalue weighted by atomic mass is 28.4. The second-order valence-corrected chi connectivity index (χ2v) is 13.0. The Hall–Kier alpha value is 0.177. The SMILES string of the molecule is CC1CC(O[Si](C)(C)C(C)(C)C)C2CCCCC12. The predicted octanol–water partition coefficient (Wildman–Crippen LogP) is 5.22. The Kier molecular flexibility index (Phi) is 4.00. The summed E-state index contributed by atoms with van der Waals surface area (Å²) in [6, 6.07) is 0. The van der Waals surface area contributed by atoms with Crippen molar-refractivity contribution < 1.29 is 4.43 Å². The third kappa shape index (κ3) is 2.70. The van der Waals surface area contributed by atoms with Crippen LogP contribution in [0.1, 0.15) is 59.8 Å². The Morgan fingerprint density at radius 2 is 1.56 bits per heavy atom. The third-order valence-corrected chi connectivity index (χ3v) is 10.4. The maximum absolute atomic E-state index is 6.74. The molecule has 2 fully saturated rings. The zero-order chi connectivity index (χ0) is 13.6. The van der Waals surface area contributed by atoms with E-state index in [1.54, 1.807) is 0 Å². The molecule has 18 heavy (non-hydrogen) atoms. The zero-order valence-corrected chi connectivity index (χ0v) is 14.3. The van der Waals surface area contributed by atoms with Crippen LogP contribution < -0.4 is 0 Å². The molecule has 2 rings (SSSR count). The van der Waals surface area contributed by atoms with Crippen molar-refractivity contribution in [3.05, 3.63) is 0 Å². The summed E-state index contributed by atoms with van der Waals surface area (Å²) in [6.45, 7) is 14.3. The van der Waals surface area contributed by atoms with Crippen LogP contribution >= 0.6 is 0 Å². The van der Waals surface area contributed by atoms with E-state index in [1.165, 1.54) is 32.1 Å². The van der Waals surface area contributed by atoms with Crippen LogP contribution in [0.2, 0.25) is 18.1 Å². The van der Waals surface area contributed by atoms with Crippen molar-refractivity contribution in [2.75, 3.05) is 0 Å². The molecule has 0 aromatic rings. The number of fused-ring (bicyclic) bond motifs is 1. The molecule has 2 aliphatic carbocycles. The molecule has 0 bridgehead atoms. The first-order chi connectivity index (χ1) is 8.22. The second-order valence-electron chi connectivity index (χ2n) is 8.24. The molecule has 106 valence electrons. The van der Waals surface area contributed by atoms with E-state index >= 15 is 0 Å². The van der Waals surface area contributed by atoms with Gasteiger partial charge in [-0.1, -0.05) is 40.5 Å². The van der Waals surface area contributed by atoms with E-state index in [9.17, 15) is 0 Å². The summed E-state index contributed by atoms with van der Waals surface area (Å²) >= 11 is 0. The van der Waals surface area contributed by atoms with Gasteiger partial charge in [0.05, 0.1) is 0 Å². The fourth-order valence-corrected chi connectivity index (χ4v) is 5.14. The van der Waals surface area contributed by atoms with Gasteiger partial charge in [0.1, 0.15) is 0 Å². The summed E-state index contributed by atoms with van der Waals surface area (Å²) in [4.78, 5) is 0. The fourth-order valence-electron chi connectivity index (χ4n) is 3.76. The smallest absolute Gasteiger partial charge is 0.192 e. The van der Waals surface area contributed by atoms with Gasteiger partial charge in [-0.3, -0.25) is 0 Å². The van der Waals surface area contributed by atoms with Crippen LogP contribution in [-0.2, 0) is 4.43 Å². The molecular formula is C16H32OSi. The molecule has 1 nitrogen and oxygen atoms in total. The molecule has 0 radical (unpaired) electrons. The zero-order valence-electron chi connectivity index (χ0n) is 13.3. The van der Waals surface area contributed by atoms with Gasteiger partial charge in [-0.05, 0) is 55.1 Å². The van der Waals surface area contributed by atoms with Gasteiger partial charge in [0, 0.05) is 6.10 Å². The van der Waals surface area contributed by atoms with E-state index in [4.69, 9.17) is 4.43 Å². The topological polar surface area (TPSA) is 9.23 Å². The Labute approximate surface area is 115 Å². The van der Waals surface area contributed by atoms with Crippen molar-refractivity contribution in [3.63, 3.8) is 0 Å². The summed E-state index contributed by atoms with van der Waals surface area (Å²) in [5, 5.41) is 0.350. The average Bonchev–Trinajstić information content (AvgIpc) is 2.55. The number of hydrogen-bond donors (Lipinski definition) is 0. The normalized spacial score (nSPS) is 37.7. The minimum absolute atomic E-state index is 0.350. The predicted molar refractivity (Wildman–Crippen MR) is 81.3 cm³/mol. The monoisotopic (exact) mass is 268 g/mol. The van der Waals surface area contributed by atoms with Gasteiger partial charge < -0.3 is 4.43 Å². The Bertz CT molecular complexity index is 292. The van der Waals surface area contributed by atoms with E-state index in [0.29, 0.717) is 11.1 Å². The van der Waals surface area contributed by atoms with Crippen molar-refractivity contribution in [1.29, 1.82) is 0 Å². The van der Waals surface area contributed by atoms with Gasteiger partial charge >= 0.3 is 0 Å². The molecule has 4 atom stereocenters. The molecule has 2 heteroatoms. The largest absolute Gasteiger partial charge is 0.414 e. The second kappa shape index (κ2) is 4.94. The van der Waals surface area contributed by atoms with Crippen LogP contribution in [0, 0.1) is 17.8 Å². The van der Waals surface area contributed by atoms with Crippen LogP contribution in [-0.4, -0.2) is 14.4 Å². The summed E-state index contributed by atoms with van der Waals surface area (Å²) in [5.41, 5.74) is 0. The van der Waals surface area contributed by atoms with Gasteiger partial charge in [0.15, 0.2) is 8.32 Å². The summed E-state index contributed by atoms with van der Waals surface area (Å²) in [7, 11) is -1.58. The molecule has 0 spiro atoms. The highest BCUT2D eigenvalue weighted by Crippen LogP contribution is 2.49. The summed E-state index contributed by atoms with van der Waals surface area (Å²) in [6.07, 6.45) is 7.68. The van der Waals surface area contributed by atoms with Gasteiger partial charge in [-0.2, -0.15) is 0 Å². The molecule has 2 aliphatic rings. The summed E-state index contributed by atoms with van der Waals surface area (Å²) in [5.74, 6) is 2.74. The van der Waals surface area contributed by atoms with Crippen LogP contribution in [0.3, 0.4) is 0 Å². The molecule has 0 aliphatic heterocycles. The third-order valence-electron chi connectivity index (χ3n) is 5.94. The van der Waals surface area contributed by atoms with E-state index in [-0.39, 0.29) is 0 Å². The van der Waals surface area contributed by atoms with Crippen molar-refractivity contribution in [2.24, 2.45) is 17.8 Å². The molecule has 0 heterocycles. The Morgan fingerprint density at radius 1 is 1.00 bits per heavy atom. The van der Waals surface area contributed by atoms with Crippen molar-refractivity contribution >= 4 is 8.32 Å². The number of rotatable bonds is 2. The van der Waals surface area contributed by atoms with Crippen molar-refractivity contribution in [2.45, 2.75) is 84.0 Å². The molecule has 2 saturated carbocycles. The first-order valence-electron chi connectivity index (χ1n) is 7.90. The van der Waals surface area contributed by atoms with Crippen molar-refractivity contribution in [3.8, 4) is 0 Å². The van der Waals surface area contributed by atoms with Crippen molar-refractivity contribution in [1.82, 2.24) is 0 Å². The lowest BCUT2D eigenvalue weighted by atomic mass is 9.78. The molecule has 0 aromatic carbocycles. The van der Waals surface area contributed by atoms with E-state index in [2.05, 4.69) is 40.8 Å². The summed E-state index contributed by atoms with van der Waals surface area (Å²) < 4.78 is 6.74. The van der Waals surface area contributed by atoms with Crippen LogP contribution in [0.15, 0.2) is 0 Å². The molecule has 0 saturated heterocycles. The van der Waals surface area contributed by atoms with Gasteiger partial charge in [-0.25, -0.2) is 0 Å². The molecule has 4 unspecified atom stereocenters. The van der Waals surface area contributed by atoms with Crippen LogP contribution in [0.4, 0.5) is 0 Å². The molecule has 0 aromatic heterocycles. The Morgan fingerprint density at radius 3 is 2.11 bits per heavy atom. The highest BCUT2D eigenvalue weighted by molar-refractivity contribution is 6.74. The fraction of sp³-hybridized carbons (Fsp3) is 1.00. The minimum atomic E-state index is -1.58. The lowest BCUT2D eigenvalue weighted by molar-refractivity contribution is 0.103.